The molecule has 1 amide bonds. The standard InChI is InChI=1S/C15H22N2O2/c1-10-11(2)13(19-3)5-4-12(10)6-9-17-14(18)15(16)7-8-15/h4-5H,6-9,16H2,1-3H3,(H,17,18). The van der Waals surface area contributed by atoms with Crippen molar-refractivity contribution in [3.63, 3.8) is 0 Å². The first-order chi connectivity index (χ1) is 8.98. The predicted molar refractivity (Wildman–Crippen MR) is 75.3 cm³/mol. The number of hydrogen-bond donors (Lipinski definition) is 2. The first-order valence-corrected chi connectivity index (χ1v) is 6.68. The van der Waals surface area contributed by atoms with Crippen LogP contribution in [0.25, 0.3) is 0 Å². The molecule has 0 aliphatic heterocycles. The summed E-state index contributed by atoms with van der Waals surface area (Å²) in [5.41, 5.74) is 8.87. The lowest BCUT2D eigenvalue weighted by Gasteiger charge is -2.14. The van der Waals surface area contributed by atoms with Crippen molar-refractivity contribution in [3.05, 3.63) is 28.8 Å². The molecule has 2 rings (SSSR count). The number of methoxy groups -OCH3 is 1. The van der Waals surface area contributed by atoms with E-state index in [1.165, 1.54) is 11.1 Å². The van der Waals surface area contributed by atoms with Crippen molar-refractivity contribution in [2.45, 2.75) is 38.6 Å². The Balaban J connectivity index is 1.93. The van der Waals surface area contributed by atoms with Crippen LogP contribution in [0.15, 0.2) is 12.1 Å². The molecule has 0 saturated heterocycles. The highest BCUT2D eigenvalue weighted by Crippen LogP contribution is 2.32. The van der Waals surface area contributed by atoms with Gasteiger partial charge in [0.15, 0.2) is 0 Å². The molecule has 1 aliphatic rings. The number of ether oxygens (including phenoxy) is 1. The molecular weight excluding hydrogens is 240 g/mol. The second-order valence-electron chi connectivity index (χ2n) is 5.34. The van der Waals surface area contributed by atoms with Crippen LogP contribution in [0, 0.1) is 13.8 Å². The zero-order valence-corrected chi connectivity index (χ0v) is 11.9. The smallest absolute Gasteiger partial charge is 0.240 e. The summed E-state index contributed by atoms with van der Waals surface area (Å²) in [5.74, 6) is 0.888. The third-order valence-corrected chi connectivity index (χ3v) is 3.99. The highest BCUT2D eigenvalue weighted by Gasteiger charge is 2.45. The average Bonchev–Trinajstić information content (AvgIpc) is 3.14. The highest BCUT2D eigenvalue weighted by atomic mass is 16.5. The molecule has 0 radical (unpaired) electrons. The molecule has 19 heavy (non-hydrogen) atoms. The topological polar surface area (TPSA) is 64.3 Å². The number of carbonyl (C=O) groups excluding carboxylic acids is 1. The lowest BCUT2D eigenvalue weighted by atomic mass is 10.00. The van der Waals surface area contributed by atoms with Crippen molar-refractivity contribution in [1.29, 1.82) is 0 Å². The van der Waals surface area contributed by atoms with Crippen molar-refractivity contribution in [1.82, 2.24) is 5.32 Å². The summed E-state index contributed by atoms with van der Waals surface area (Å²) in [6.45, 7) is 4.76. The van der Waals surface area contributed by atoms with E-state index in [4.69, 9.17) is 10.5 Å². The average molecular weight is 262 g/mol. The molecule has 0 heterocycles. The van der Waals surface area contributed by atoms with Gasteiger partial charge >= 0.3 is 0 Å². The van der Waals surface area contributed by atoms with Crippen LogP contribution in [0.4, 0.5) is 0 Å². The molecule has 104 valence electrons. The lowest BCUT2D eigenvalue weighted by Crippen LogP contribution is -2.43. The van der Waals surface area contributed by atoms with Crippen LogP contribution < -0.4 is 15.8 Å². The normalized spacial score (nSPS) is 16.0. The van der Waals surface area contributed by atoms with E-state index in [1.54, 1.807) is 7.11 Å². The zero-order chi connectivity index (χ0) is 14.0. The number of rotatable bonds is 5. The largest absolute Gasteiger partial charge is 0.496 e. The molecule has 1 aliphatic carbocycles. The van der Waals surface area contributed by atoms with Crippen molar-refractivity contribution >= 4 is 5.91 Å². The summed E-state index contributed by atoms with van der Waals surface area (Å²) in [7, 11) is 1.68. The Morgan fingerprint density at radius 3 is 2.63 bits per heavy atom. The quantitative estimate of drug-likeness (QED) is 0.844. The highest BCUT2D eigenvalue weighted by molar-refractivity contribution is 5.88. The van der Waals surface area contributed by atoms with Gasteiger partial charge in [-0.05, 0) is 55.9 Å². The van der Waals surface area contributed by atoms with Crippen LogP contribution in [0.3, 0.4) is 0 Å². The van der Waals surface area contributed by atoms with Gasteiger partial charge in [0.05, 0.1) is 12.6 Å². The van der Waals surface area contributed by atoms with Crippen LogP contribution in [-0.2, 0) is 11.2 Å². The minimum atomic E-state index is -0.579. The first-order valence-electron chi connectivity index (χ1n) is 6.68. The monoisotopic (exact) mass is 262 g/mol. The third kappa shape index (κ3) is 2.89. The van der Waals surface area contributed by atoms with Gasteiger partial charge < -0.3 is 15.8 Å². The summed E-state index contributed by atoms with van der Waals surface area (Å²) in [5, 5.41) is 2.91. The van der Waals surface area contributed by atoms with Crippen LogP contribution in [0.2, 0.25) is 0 Å². The Morgan fingerprint density at radius 1 is 1.37 bits per heavy atom. The Kier molecular flexibility index (Phi) is 3.80. The predicted octanol–water partition coefficient (Wildman–Crippen LogP) is 1.46. The van der Waals surface area contributed by atoms with Gasteiger partial charge in [-0.2, -0.15) is 0 Å². The molecule has 1 aromatic rings. The van der Waals surface area contributed by atoms with E-state index in [0.29, 0.717) is 6.54 Å². The van der Waals surface area contributed by atoms with E-state index < -0.39 is 5.54 Å². The van der Waals surface area contributed by atoms with Gasteiger partial charge in [0, 0.05) is 6.54 Å². The zero-order valence-electron chi connectivity index (χ0n) is 11.9. The summed E-state index contributed by atoms with van der Waals surface area (Å²) >= 11 is 0. The minimum absolute atomic E-state index is 0.0182. The summed E-state index contributed by atoms with van der Waals surface area (Å²) < 4.78 is 5.29. The molecule has 0 spiro atoms. The molecule has 0 unspecified atom stereocenters. The minimum Gasteiger partial charge on any atom is -0.496 e. The summed E-state index contributed by atoms with van der Waals surface area (Å²) in [6.07, 6.45) is 2.43. The van der Waals surface area contributed by atoms with Crippen LogP contribution in [-0.4, -0.2) is 25.1 Å². The fourth-order valence-electron chi connectivity index (χ4n) is 2.19. The number of nitrogens with two attached hydrogens (primary N) is 1. The fourth-order valence-corrected chi connectivity index (χ4v) is 2.19. The maximum absolute atomic E-state index is 11.7. The van der Waals surface area contributed by atoms with E-state index in [0.717, 1.165) is 30.6 Å². The second kappa shape index (κ2) is 5.21. The summed E-state index contributed by atoms with van der Waals surface area (Å²) in [6, 6.07) is 4.04. The first kappa shape index (κ1) is 13.9. The number of benzene rings is 1. The van der Waals surface area contributed by atoms with Gasteiger partial charge in [0.25, 0.3) is 0 Å². The van der Waals surface area contributed by atoms with Gasteiger partial charge in [-0.3, -0.25) is 4.79 Å². The van der Waals surface area contributed by atoms with Gasteiger partial charge in [-0.25, -0.2) is 0 Å². The number of nitrogens with one attached hydrogen (secondary N) is 1. The van der Waals surface area contributed by atoms with Gasteiger partial charge in [-0.15, -0.1) is 0 Å². The molecule has 0 bridgehead atoms. The molecule has 1 aromatic carbocycles. The molecule has 4 nitrogen and oxygen atoms in total. The Bertz CT molecular complexity index is 493. The molecular formula is C15H22N2O2. The molecule has 0 atom stereocenters. The molecule has 1 fully saturated rings. The lowest BCUT2D eigenvalue weighted by molar-refractivity contribution is -0.123. The van der Waals surface area contributed by atoms with Crippen molar-refractivity contribution < 1.29 is 9.53 Å². The maximum Gasteiger partial charge on any atom is 0.240 e. The van der Waals surface area contributed by atoms with Gasteiger partial charge in [-0.1, -0.05) is 6.07 Å². The van der Waals surface area contributed by atoms with E-state index in [2.05, 4.69) is 25.2 Å². The van der Waals surface area contributed by atoms with E-state index in [-0.39, 0.29) is 5.91 Å². The number of hydrogen-bond acceptors (Lipinski definition) is 3. The molecule has 1 saturated carbocycles. The number of amides is 1. The van der Waals surface area contributed by atoms with E-state index in [9.17, 15) is 4.79 Å². The molecule has 3 N–H and O–H groups in total. The third-order valence-electron chi connectivity index (χ3n) is 3.99. The Hall–Kier alpha value is -1.55. The van der Waals surface area contributed by atoms with Crippen molar-refractivity contribution in [2.75, 3.05) is 13.7 Å². The van der Waals surface area contributed by atoms with Crippen LogP contribution in [0.5, 0.6) is 5.75 Å². The molecule has 0 aromatic heterocycles. The van der Waals surface area contributed by atoms with Crippen LogP contribution >= 0.6 is 0 Å². The van der Waals surface area contributed by atoms with Gasteiger partial charge in [0.2, 0.25) is 5.91 Å². The Labute approximate surface area is 114 Å². The Morgan fingerprint density at radius 2 is 2.05 bits per heavy atom. The fraction of sp³-hybridized carbons (Fsp3) is 0.533. The van der Waals surface area contributed by atoms with Gasteiger partial charge in [0.1, 0.15) is 5.75 Å². The molecule has 4 heteroatoms. The van der Waals surface area contributed by atoms with E-state index >= 15 is 0 Å². The summed E-state index contributed by atoms with van der Waals surface area (Å²) in [4.78, 5) is 11.7. The van der Waals surface area contributed by atoms with Crippen molar-refractivity contribution in [3.8, 4) is 5.75 Å². The SMILES string of the molecule is COc1ccc(CCNC(=O)C2(N)CC2)c(C)c1C. The maximum atomic E-state index is 11.7. The number of carbonyl (C=O) groups is 1. The van der Waals surface area contributed by atoms with E-state index in [1.807, 2.05) is 6.07 Å². The second-order valence-corrected chi connectivity index (χ2v) is 5.34. The van der Waals surface area contributed by atoms with Crippen molar-refractivity contribution in [2.24, 2.45) is 5.73 Å². The van der Waals surface area contributed by atoms with Crippen LogP contribution in [0.1, 0.15) is 29.5 Å².